The molecule has 0 aliphatic heterocycles. The third-order valence-electron chi connectivity index (χ3n) is 2.23. The van der Waals surface area contributed by atoms with Gasteiger partial charge in [-0.2, -0.15) is 0 Å². The molecular weight excluding hydrogens is 260 g/mol. The zero-order valence-corrected chi connectivity index (χ0v) is 10.4. The summed E-state index contributed by atoms with van der Waals surface area (Å²) in [7, 11) is 1.58. The van der Waals surface area contributed by atoms with E-state index in [1.54, 1.807) is 14.0 Å². The van der Waals surface area contributed by atoms with Crippen molar-refractivity contribution in [3.8, 4) is 5.75 Å². The highest BCUT2D eigenvalue weighted by Crippen LogP contribution is 2.24. The van der Waals surface area contributed by atoms with Crippen LogP contribution in [-0.2, 0) is 6.42 Å². The van der Waals surface area contributed by atoms with Gasteiger partial charge in [0.2, 0.25) is 0 Å². The molecule has 0 saturated heterocycles. The summed E-state index contributed by atoms with van der Waals surface area (Å²) in [6.07, 6.45) is -1.14. The Morgan fingerprint density at radius 3 is 2.60 bits per heavy atom. The number of hydrogen-bond acceptors (Lipinski definition) is 3. The molecule has 0 fully saturated rings. The van der Waals surface area contributed by atoms with E-state index >= 15 is 0 Å². The number of aliphatic hydroxyl groups is 2. The molecule has 4 heteroatoms. The van der Waals surface area contributed by atoms with Gasteiger partial charge in [0.05, 0.1) is 19.3 Å². The van der Waals surface area contributed by atoms with Crippen LogP contribution >= 0.6 is 15.9 Å². The van der Waals surface area contributed by atoms with Gasteiger partial charge in [0.1, 0.15) is 5.75 Å². The van der Waals surface area contributed by atoms with E-state index in [2.05, 4.69) is 15.9 Å². The van der Waals surface area contributed by atoms with Crippen LogP contribution in [0, 0.1) is 0 Å². The van der Waals surface area contributed by atoms with Crippen molar-refractivity contribution in [1.82, 2.24) is 0 Å². The van der Waals surface area contributed by atoms with E-state index in [1.807, 2.05) is 18.2 Å². The normalized spacial score (nSPS) is 14.7. The fourth-order valence-corrected chi connectivity index (χ4v) is 1.71. The Labute approximate surface area is 97.8 Å². The van der Waals surface area contributed by atoms with Crippen LogP contribution in [0.1, 0.15) is 12.5 Å². The summed E-state index contributed by atoms with van der Waals surface area (Å²) < 4.78 is 6.09. The summed E-state index contributed by atoms with van der Waals surface area (Å²) in [6.45, 7) is 1.56. The van der Waals surface area contributed by atoms with E-state index in [1.165, 1.54) is 0 Å². The van der Waals surface area contributed by atoms with Crippen LogP contribution < -0.4 is 4.74 Å². The zero-order valence-electron chi connectivity index (χ0n) is 8.77. The van der Waals surface area contributed by atoms with E-state index in [-0.39, 0.29) is 0 Å². The molecule has 1 aromatic rings. The Morgan fingerprint density at radius 2 is 2.07 bits per heavy atom. The Kier molecular flexibility index (Phi) is 4.57. The number of rotatable bonds is 4. The molecule has 2 atom stereocenters. The lowest BCUT2D eigenvalue weighted by atomic mass is 10.0. The summed E-state index contributed by atoms with van der Waals surface area (Å²) in [5.74, 6) is 0.720. The SMILES string of the molecule is COc1ccc(Br)cc1CC(O)C(C)O. The molecule has 84 valence electrons. The summed E-state index contributed by atoms with van der Waals surface area (Å²) in [5, 5.41) is 18.8. The maximum atomic E-state index is 9.57. The molecule has 3 nitrogen and oxygen atoms in total. The van der Waals surface area contributed by atoms with Crippen LogP contribution in [0.2, 0.25) is 0 Å². The lowest BCUT2D eigenvalue weighted by molar-refractivity contribution is 0.0316. The van der Waals surface area contributed by atoms with Crippen molar-refractivity contribution in [3.05, 3.63) is 28.2 Å². The number of ether oxygens (including phenoxy) is 1. The van der Waals surface area contributed by atoms with Gasteiger partial charge in [-0.05, 0) is 30.7 Å². The van der Waals surface area contributed by atoms with Crippen molar-refractivity contribution in [3.63, 3.8) is 0 Å². The second-order valence-corrected chi connectivity index (χ2v) is 4.38. The molecule has 0 heterocycles. The van der Waals surface area contributed by atoms with E-state index < -0.39 is 12.2 Å². The van der Waals surface area contributed by atoms with Gasteiger partial charge in [-0.3, -0.25) is 0 Å². The van der Waals surface area contributed by atoms with Crippen LogP contribution in [0.5, 0.6) is 5.75 Å². The number of methoxy groups -OCH3 is 1. The van der Waals surface area contributed by atoms with Gasteiger partial charge in [-0.15, -0.1) is 0 Å². The minimum atomic E-state index is -0.770. The van der Waals surface area contributed by atoms with Crippen LogP contribution in [-0.4, -0.2) is 29.5 Å². The lowest BCUT2D eigenvalue weighted by Gasteiger charge is -2.15. The standard InChI is InChI=1S/C11H15BrO3/c1-7(13)10(14)6-8-5-9(12)3-4-11(8)15-2/h3-5,7,10,13-14H,6H2,1-2H3. The highest BCUT2D eigenvalue weighted by atomic mass is 79.9. The number of hydrogen-bond donors (Lipinski definition) is 2. The predicted molar refractivity (Wildman–Crippen MR) is 62.1 cm³/mol. The number of aliphatic hydroxyl groups excluding tert-OH is 2. The molecule has 0 bridgehead atoms. The molecule has 2 N–H and O–H groups in total. The molecule has 0 spiro atoms. The first-order valence-electron chi connectivity index (χ1n) is 4.73. The molecule has 0 radical (unpaired) electrons. The monoisotopic (exact) mass is 274 g/mol. The second-order valence-electron chi connectivity index (χ2n) is 3.47. The second kappa shape index (κ2) is 5.49. The van der Waals surface area contributed by atoms with Crippen molar-refractivity contribution in [2.24, 2.45) is 0 Å². The molecule has 0 aliphatic rings. The van der Waals surface area contributed by atoms with Gasteiger partial charge >= 0.3 is 0 Å². The highest BCUT2D eigenvalue weighted by molar-refractivity contribution is 9.10. The molecule has 0 aromatic heterocycles. The van der Waals surface area contributed by atoms with E-state index in [0.717, 1.165) is 15.8 Å². The summed E-state index contributed by atoms with van der Waals surface area (Å²) in [6, 6.07) is 5.58. The molecule has 0 aliphatic carbocycles. The average Bonchev–Trinajstić information content (AvgIpc) is 2.18. The van der Waals surface area contributed by atoms with Gasteiger partial charge in [-0.1, -0.05) is 15.9 Å². The van der Waals surface area contributed by atoms with Crippen molar-refractivity contribution in [2.75, 3.05) is 7.11 Å². The summed E-state index contributed by atoms with van der Waals surface area (Å²) in [5.41, 5.74) is 0.875. The summed E-state index contributed by atoms with van der Waals surface area (Å²) in [4.78, 5) is 0. The van der Waals surface area contributed by atoms with Gasteiger partial charge < -0.3 is 14.9 Å². The Bertz CT molecular complexity index is 326. The minimum Gasteiger partial charge on any atom is -0.496 e. The largest absolute Gasteiger partial charge is 0.496 e. The van der Waals surface area contributed by atoms with Crippen molar-refractivity contribution < 1.29 is 14.9 Å². The third-order valence-corrected chi connectivity index (χ3v) is 2.72. The number of benzene rings is 1. The first-order valence-corrected chi connectivity index (χ1v) is 5.52. The van der Waals surface area contributed by atoms with Crippen molar-refractivity contribution >= 4 is 15.9 Å². The topological polar surface area (TPSA) is 49.7 Å². The fraction of sp³-hybridized carbons (Fsp3) is 0.455. The number of halogens is 1. The van der Waals surface area contributed by atoms with Gasteiger partial charge in [0.15, 0.2) is 0 Å². The quantitative estimate of drug-likeness (QED) is 0.880. The first kappa shape index (κ1) is 12.5. The van der Waals surface area contributed by atoms with Gasteiger partial charge in [0, 0.05) is 10.9 Å². The van der Waals surface area contributed by atoms with Gasteiger partial charge in [0.25, 0.3) is 0 Å². The smallest absolute Gasteiger partial charge is 0.122 e. The van der Waals surface area contributed by atoms with Gasteiger partial charge in [-0.25, -0.2) is 0 Å². The average molecular weight is 275 g/mol. The zero-order chi connectivity index (χ0) is 11.4. The Balaban J connectivity index is 2.87. The Hall–Kier alpha value is -0.580. The maximum Gasteiger partial charge on any atom is 0.122 e. The molecule has 1 rings (SSSR count). The fourth-order valence-electron chi connectivity index (χ4n) is 1.30. The molecule has 15 heavy (non-hydrogen) atoms. The van der Waals surface area contributed by atoms with Crippen LogP contribution in [0.3, 0.4) is 0 Å². The van der Waals surface area contributed by atoms with Crippen LogP contribution in [0.15, 0.2) is 22.7 Å². The Morgan fingerprint density at radius 1 is 1.40 bits per heavy atom. The van der Waals surface area contributed by atoms with E-state index in [9.17, 15) is 10.2 Å². The van der Waals surface area contributed by atoms with Crippen molar-refractivity contribution in [1.29, 1.82) is 0 Å². The lowest BCUT2D eigenvalue weighted by Crippen LogP contribution is -2.24. The van der Waals surface area contributed by atoms with Crippen molar-refractivity contribution in [2.45, 2.75) is 25.6 Å². The molecular formula is C11H15BrO3. The molecule has 0 saturated carbocycles. The molecule has 2 unspecified atom stereocenters. The van der Waals surface area contributed by atoms with Crippen LogP contribution in [0.25, 0.3) is 0 Å². The predicted octanol–water partition coefficient (Wildman–Crippen LogP) is 1.74. The minimum absolute atomic E-state index is 0.375. The van der Waals surface area contributed by atoms with E-state index in [4.69, 9.17) is 4.74 Å². The summed E-state index contributed by atoms with van der Waals surface area (Å²) >= 11 is 3.35. The van der Waals surface area contributed by atoms with E-state index in [0.29, 0.717) is 6.42 Å². The molecule has 0 amide bonds. The third kappa shape index (κ3) is 3.48. The first-order chi connectivity index (χ1) is 7.04. The molecule has 1 aromatic carbocycles. The highest BCUT2D eigenvalue weighted by Gasteiger charge is 2.14. The van der Waals surface area contributed by atoms with Crippen LogP contribution in [0.4, 0.5) is 0 Å². The maximum absolute atomic E-state index is 9.57.